The number of rotatable bonds is 5. The maximum absolute atomic E-state index is 5.76. The van der Waals surface area contributed by atoms with Crippen molar-refractivity contribution in [2.75, 3.05) is 19.5 Å². The average molecular weight is 285 g/mol. The van der Waals surface area contributed by atoms with Crippen molar-refractivity contribution in [2.45, 2.75) is 25.2 Å². The number of benzene rings is 1. The minimum absolute atomic E-state index is 0.274. The van der Waals surface area contributed by atoms with Crippen LogP contribution in [0.1, 0.15) is 36.4 Å². The first-order valence-electron chi connectivity index (χ1n) is 7.12. The molecule has 0 amide bonds. The number of ether oxygens (including phenoxy) is 2. The lowest BCUT2D eigenvalue weighted by Crippen LogP contribution is -2.03. The van der Waals surface area contributed by atoms with E-state index < -0.39 is 0 Å². The van der Waals surface area contributed by atoms with Crippen LogP contribution < -0.4 is 15.2 Å². The zero-order chi connectivity index (χ0) is 14.8. The fraction of sp³-hybridized carbons (Fsp3) is 0.375. The highest BCUT2D eigenvalue weighted by atomic mass is 16.5. The Morgan fingerprint density at radius 1 is 1.19 bits per heavy atom. The van der Waals surface area contributed by atoms with Gasteiger partial charge in [0, 0.05) is 12.0 Å². The van der Waals surface area contributed by atoms with Crippen molar-refractivity contribution in [1.82, 2.24) is 9.97 Å². The maximum Gasteiger partial charge on any atom is 0.223 e. The number of anilines is 1. The second kappa shape index (κ2) is 5.60. The first-order valence-corrected chi connectivity index (χ1v) is 7.12. The van der Waals surface area contributed by atoms with Crippen LogP contribution in [0.15, 0.2) is 30.3 Å². The molecule has 2 unspecified atom stereocenters. The summed E-state index contributed by atoms with van der Waals surface area (Å²) in [5.41, 5.74) is 8.02. The first-order chi connectivity index (χ1) is 10.2. The SMILES string of the molecule is CCOc1cc(C2CC2c2ccc(OC)cc2)nc(N)n1. The number of nitrogens with zero attached hydrogens (tertiary/aromatic N) is 2. The van der Waals surface area contributed by atoms with Gasteiger partial charge in [0.2, 0.25) is 11.8 Å². The number of methoxy groups -OCH3 is 1. The third-order valence-electron chi connectivity index (χ3n) is 3.75. The van der Waals surface area contributed by atoms with Crippen LogP contribution in [0.4, 0.5) is 5.95 Å². The summed E-state index contributed by atoms with van der Waals surface area (Å²) in [5, 5.41) is 0. The zero-order valence-corrected chi connectivity index (χ0v) is 12.2. The van der Waals surface area contributed by atoms with Gasteiger partial charge in [-0.2, -0.15) is 4.98 Å². The zero-order valence-electron chi connectivity index (χ0n) is 12.2. The topological polar surface area (TPSA) is 70.3 Å². The molecule has 1 aromatic carbocycles. The molecule has 0 aliphatic heterocycles. The molecule has 3 rings (SSSR count). The van der Waals surface area contributed by atoms with Crippen molar-refractivity contribution in [3.63, 3.8) is 0 Å². The molecule has 2 aromatic rings. The second-order valence-corrected chi connectivity index (χ2v) is 5.14. The van der Waals surface area contributed by atoms with E-state index in [1.807, 2.05) is 25.1 Å². The molecule has 0 bridgehead atoms. The first kappa shape index (κ1) is 13.7. The highest BCUT2D eigenvalue weighted by Gasteiger charge is 2.41. The molecule has 1 saturated carbocycles. The fourth-order valence-corrected chi connectivity index (χ4v) is 2.61. The summed E-state index contributed by atoms with van der Waals surface area (Å²) in [5.74, 6) is 2.58. The normalized spacial score (nSPS) is 20.1. The molecule has 1 aliphatic carbocycles. The van der Waals surface area contributed by atoms with Gasteiger partial charge in [0.15, 0.2) is 0 Å². The Labute approximate surface area is 124 Å². The van der Waals surface area contributed by atoms with Gasteiger partial charge in [-0.05, 0) is 37.0 Å². The van der Waals surface area contributed by atoms with E-state index in [4.69, 9.17) is 15.2 Å². The Morgan fingerprint density at radius 2 is 1.95 bits per heavy atom. The van der Waals surface area contributed by atoms with E-state index in [1.54, 1.807) is 7.11 Å². The van der Waals surface area contributed by atoms with Crippen LogP contribution in [0.3, 0.4) is 0 Å². The van der Waals surface area contributed by atoms with Gasteiger partial charge in [-0.3, -0.25) is 0 Å². The summed E-state index contributed by atoms with van der Waals surface area (Å²) in [7, 11) is 1.67. The fourth-order valence-electron chi connectivity index (χ4n) is 2.61. The third kappa shape index (κ3) is 2.91. The number of nitrogens with two attached hydrogens (primary N) is 1. The maximum atomic E-state index is 5.76. The molecule has 110 valence electrons. The van der Waals surface area contributed by atoms with E-state index >= 15 is 0 Å². The lowest BCUT2D eigenvalue weighted by Gasteiger charge is -2.06. The van der Waals surface area contributed by atoms with Crippen LogP contribution in [0.25, 0.3) is 0 Å². The molecule has 0 radical (unpaired) electrons. The summed E-state index contributed by atoms with van der Waals surface area (Å²) in [6.07, 6.45) is 1.08. The summed E-state index contributed by atoms with van der Waals surface area (Å²) >= 11 is 0. The highest BCUT2D eigenvalue weighted by molar-refractivity contribution is 5.39. The van der Waals surface area contributed by atoms with Crippen molar-refractivity contribution < 1.29 is 9.47 Å². The third-order valence-corrected chi connectivity index (χ3v) is 3.75. The lowest BCUT2D eigenvalue weighted by atomic mass is 10.1. The van der Waals surface area contributed by atoms with E-state index in [-0.39, 0.29) is 5.95 Å². The summed E-state index contributed by atoms with van der Waals surface area (Å²) in [4.78, 5) is 8.43. The number of nitrogen functional groups attached to an aromatic ring is 1. The Bertz CT molecular complexity index is 628. The average Bonchev–Trinajstić information content (AvgIpc) is 3.28. The summed E-state index contributed by atoms with van der Waals surface area (Å²) < 4.78 is 10.6. The predicted octanol–water partition coefficient (Wildman–Crippen LogP) is 2.74. The van der Waals surface area contributed by atoms with Gasteiger partial charge >= 0.3 is 0 Å². The van der Waals surface area contributed by atoms with Crippen molar-refractivity contribution in [1.29, 1.82) is 0 Å². The van der Waals surface area contributed by atoms with E-state index in [1.165, 1.54) is 5.56 Å². The van der Waals surface area contributed by atoms with Crippen molar-refractivity contribution in [3.8, 4) is 11.6 Å². The van der Waals surface area contributed by atoms with Crippen LogP contribution in [-0.2, 0) is 0 Å². The lowest BCUT2D eigenvalue weighted by molar-refractivity contribution is 0.326. The largest absolute Gasteiger partial charge is 0.497 e. The van der Waals surface area contributed by atoms with Gasteiger partial charge in [0.05, 0.1) is 19.4 Å². The quantitative estimate of drug-likeness (QED) is 0.914. The van der Waals surface area contributed by atoms with Gasteiger partial charge in [-0.25, -0.2) is 4.98 Å². The summed E-state index contributed by atoms with van der Waals surface area (Å²) in [6.45, 7) is 2.50. The highest BCUT2D eigenvalue weighted by Crippen LogP contribution is 2.54. The molecular formula is C16H19N3O2. The van der Waals surface area contributed by atoms with Crippen LogP contribution in [0.2, 0.25) is 0 Å². The van der Waals surface area contributed by atoms with E-state index in [0.29, 0.717) is 24.3 Å². The van der Waals surface area contributed by atoms with E-state index in [0.717, 1.165) is 17.9 Å². The Hall–Kier alpha value is -2.30. The monoisotopic (exact) mass is 285 g/mol. The molecule has 1 fully saturated rings. The second-order valence-electron chi connectivity index (χ2n) is 5.14. The molecule has 21 heavy (non-hydrogen) atoms. The van der Waals surface area contributed by atoms with Gasteiger partial charge in [-0.1, -0.05) is 12.1 Å². The smallest absolute Gasteiger partial charge is 0.223 e. The van der Waals surface area contributed by atoms with Crippen LogP contribution in [0.5, 0.6) is 11.6 Å². The number of hydrogen-bond donors (Lipinski definition) is 1. The molecular weight excluding hydrogens is 266 g/mol. The standard InChI is InChI=1S/C16H19N3O2/c1-3-21-15-9-14(18-16(17)19-15)13-8-12(13)10-4-6-11(20-2)7-5-10/h4-7,9,12-13H,3,8H2,1-2H3,(H2,17,18,19). The predicted molar refractivity (Wildman–Crippen MR) is 80.7 cm³/mol. The Kier molecular flexibility index (Phi) is 3.64. The molecule has 1 aliphatic rings. The van der Waals surface area contributed by atoms with Crippen molar-refractivity contribution in [3.05, 3.63) is 41.6 Å². The summed E-state index contributed by atoms with van der Waals surface area (Å²) in [6, 6.07) is 10.1. The number of hydrogen-bond acceptors (Lipinski definition) is 5. The van der Waals surface area contributed by atoms with Crippen LogP contribution in [0, 0.1) is 0 Å². The molecule has 0 spiro atoms. The van der Waals surface area contributed by atoms with Gasteiger partial charge in [0.25, 0.3) is 0 Å². The Morgan fingerprint density at radius 3 is 2.62 bits per heavy atom. The molecule has 0 saturated heterocycles. The Balaban J connectivity index is 1.77. The molecule has 1 aromatic heterocycles. The van der Waals surface area contributed by atoms with Crippen LogP contribution in [-0.4, -0.2) is 23.7 Å². The molecule has 5 heteroatoms. The molecule has 2 atom stereocenters. The van der Waals surface area contributed by atoms with Gasteiger partial charge in [-0.15, -0.1) is 0 Å². The van der Waals surface area contributed by atoms with Crippen LogP contribution >= 0.6 is 0 Å². The van der Waals surface area contributed by atoms with E-state index in [2.05, 4.69) is 22.1 Å². The minimum atomic E-state index is 0.274. The van der Waals surface area contributed by atoms with Crippen molar-refractivity contribution in [2.24, 2.45) is 0 Å². The molecule has 1 heterocycles. The van der Waals surface area contributed by atoms with Gasteiger partial charge < -0.3 is 15.2 Å². The van der Waals surface area contributed by atoms with Crippen molar-refractivity contribution >= 4 is 5.95 Å². The van der Waals surface area contributed by atoms with Gasteiger partial charge in [0.1, 0.15) is 5.75 Å². The molecule has 5 nitrogen and oxygen atoms in total. The molecule has 2 N–H and O–H groups in total. The number of aromatic nitrogens is 2. The van der Waals surface area contributed by atoms with E-state index in [9.17, 15) is 0 Å². The minimum Gasteiger partial charge on any atom is -0.497 e.